The van der Waals surface area contributed by atoms with Gasteiger partial charge in [0, 0.05) is 0 Å². The lowest BCUT2D eigenvalue weighted by Crippen LogP contribution is -2.31. The number of carboxylic acids is 1. The maximum Gasteiger partial charge on any atom is 0.317 e. The number of hydrogen-bond donors (Lipinski definition) is 1. The van der Waals surface area contributed by atoms with Crippen molar-refractivity contribution in [3.8, 4) is 0 Å². The van der Waals surface area contributed by atoms with Crippen LogP contribution in [0.2, 0.25) is 0 Å². The quantitative estimate of drug-likeness (QED) is 0.248. The lowest BCUT2D eigenvalue weighted by Gasteiger charge is -2.20. The second-order valence-electron chi connectivity index (χ2n) is 7.62. The van der Waals surface area contributed by atoms with Crippen molar-refractivity contribution >= 4 is 5.97 Å². The average Bonchev–Trinajstić information content (AvgIpc) is 2.58. The number of aliphatic carboxylic acids is 1. The van der Waals surface area contributed by atoms with Gasteiger partial charge in [0.1, 0.15) is 0 Å². The van der Waals surface area contributed by atoms with E-state index in [1.165, 1.54) is 89.9 Å². The van der Waals surface area contributed by atoms with Gasteiger partial charge in [-0.3, -0.25) is 9.69 Å². The van der Waals surface area contributed by atoms with Crippen LogP contribution in [0.5, 0.6) is 0 Å². The number of carboxylic acid groups (broad SMARTS) is 1. The van der Waals surface area contributed by atoms with E-state index in [4.69, 9.17) is 5.11 Å². The van der Waals surface area contributed by atoms with Gasteiger partial charge in [-0.05, 0) is 25.9 Å². The van der Waals surface area contributed by atoms with Crippen LogP contribution in [0.15, 0.2) is 0 Å². The summed E-state index contributed by atoms with van der Waals surface area (Å²) >= 11 is 0. The highest BCUT2D eigenvalue weighted by molar-refractivity contribution is 5.69. The molecule has 0 aromatic rings. The predicted octanol–water partition coefficient (Wildman–Crippen LogP) is 6.65. The Morgan fingerprint density at radius 1 is 0.600 bits per heavy atom. The van der Waals surface area contributed by atoms with E-state index in [9.17, 15) is 4.79 Å². The lowest BCUT2D eigenvalue weighted by molar-refractivity contribution is -0.138. The molecule has 0 aliphatic carbocycles. The standard InChI is InChI=1S/C22H45NO2/c1-3-5-7-9-11-13-15-17-19-23(21-22(24)25)20-18-16-14-12-10-8-6-4-2/h3-21H2,1-2H3,(H,24,25). The SMILES string of the molecule is CCCCCCCCCCN(CCCCCCCCCC)CC(=O)O. The number of hydrogen-bond acceptors (Lipinski definition) is 2. The average molecular weight is 356 g/mol. The zero-order chi connectivity index (χ0) is 18.6. The second-order valence-corrected chi connectivity index (χ2v) is 7.62. The van der Waals surface area contributed by atoms with Crippen LogP contribution in [0, 0.1) is 0 Å². The van der Waals surface area contributed by atoms with Crippen LogP contribution >= 0.6 is 0 Å². The molecule has 0 heterocycles. The molecule has 0 amide bonds. The Morgan fingerprint density at radius 3 is 1.24 bits per heavy atom. The third kappa shape index (κ3) is 19.6. The first-order valence-corrected chi connectivity index (χ1v) is 11.1. The van der Waals surface area contributed by atoms with Crippen LogP contribution in [-0.2, 0) is 4.79 Å². The molecule has 0 aliphatic rings. The van der Waals surface area contributed by atoms with Gasteiger partial charge in [0.25, 0.3) is 0 Å². The molecule has 1 N–H and O–H groups in total. The fraction of sp³-hybridized carbons (Fsp3) is 0.955. The third-order valence-electron chi connectivity index (χ3n) is 5.01. The molecule has 0 saturated carbocycles. The summed E-state index contributed by atoms with van der Waals surface area (Å²) in [6, 6.07) is 0. The van der Waals surface area contributed by atoms with Crippen molar-refractivity contribution in [1.29, 1.82) is 0 Å². The molecule has 3 nitrogen and oxygen atoms in total. The summed E-state index contributed by atoms with van der Waals surface area (Å²) in [6.45, 7) is 6.63. The van der Waals surface area contributed by atoms with Crippen LogP contribution in [0.3, 0.4) is 0 Å². The van der Waals surface area contributed by atoms with Gasteiger partial charge in [0.05, 0.1) is 6.54 Å². The van der Waals surface area contributed by atoms with Gasteiger partial charge in [0.2, 0.25) is 0 Å². The van der Waals surface area contributed by atoms with Crippen LogP contribution in [0.1, 0.15) is 117 Å². The molecular formula is C22H45NO2. The van der Waals surface area contributed by atoms with Gasteiger partial charge in [-0.25, -0.2) is 0 Å². The van der Waals surface area contributed by atoms with Crippen LogP contribution < -0.4 is 0 Å². The van der Waals surface area contributed by atoms with Crippen LogP contribution in [0.4, 0.5) is 0 Å². The molecule has 0 radical (unpaired) electrons. The summed E-state index contributed by atoms with van der Waals surface area (Å²) in [5.74, 6) is -0.681. The Balaban J connectivity index is 3.60. The molecule has 0 aromatic carbocycles. The minimum atomic E-state index is -0.681. The minimum absolute atomic E-state index is 0.215. The smallest absolute Gasteiger partial charge is 0.317 e. The Hall–Kier alpha value is -0.570. The Labute approximate surface area is 157 Å². The maximum atomic E-state index is 11.0. The van der Waals surface area contributed by atoms with E-state index in [-0.39, 0.29) is 6.54 Å². The predicted molar refractivity (Wildman–Crippen MR) is 109 cm³/mol. The molecule has 25 heavy (non-hydrogen) atoms. The van der Waals surface area contributed by atoms with Gasteiger partial charge < -0.3 is 5.11 Å². The molecule has 3 heteroatoms. The first-order chi connectivity index (χ1) is 12.2. The zero-order valence-corrected chi connectivity index (χ0v) is 17.2. The van der Waals surface area contributed by atoms with Crippen LogP contribution in [0.25, 0.3) is 0 Å². The summed E-state index contributed by atoms with van der Waals surface area (Å²) in [7, 11) is 0. The molecule has 0 fully saturated rings. The fourth-order valence-corrected chi connectivity index (χ4v) is 3.40. The highest BCUT2D eigenvalue weighted by atomic mass is 16.4. The van der Waals surface area contributed by atoms with E-state index in [0.29, 0.717) is 0 Å². The van der Waals surface area contributed by atoms with Gasteiger partial charge in [-0.1, -0.05) is 104 Å². The molecule has 0 unspecified atom stereocenters. The van der Waals surface area contributed by atoms with Crippen molar-refractivity contribution < 1.29 is 9.90 Å². The molecule has 0 aromatic heterocycles. The lowest BCUT2D eigenvalue weighted by atomic mass is 10.1. The summed E-state index contributed by atoms with van der Waals surface area (Å²) in [5, 5.41) is 9.09. The molecule has 0 spiro atoms. The molecular weight excluding hydrogens is 310 g/mol. The van der Waals surface area contributed by atoms with Gasteiger partial charge in [0.15, 0.2) is 0 Å². The molecule has 150 valence electrons. The van der Waals surface area contributed by atoms with Crippen molar-refractivity contribution in [2.75, 3.05) is 19.6 Å². The molecule has 0 aliphatic heterocycles. The number of unbranched alkanes of at least 4 members (excludes halogenated alkanes) is 14. The maximum absolute atomic E-state index is 11.0. The highest BCUT2D eigenvalue weighted by Crippen LogP contribution is 2.11. The van der Waals surface area contributed by atoms with Gasteiger partial charge in [-0.15, -0.1) is 0 Å². The van der Waals surface area contributed by atoms with Crippen molar-refractivity contribution in [1.82, 2.24) is 4.90 Å². The molecule has 0 rings (SSSR count). The molecule has 0 atom stereocenters. The summed E-state index contributed by atoms with van der Waals surface area (Å²) in [4.78, 5) is 13.2. The number of nitrogens with zero attached hydrogens (tertiary/aromatic N) is 1. The van der Waals surface area contributed by atoms with E-state index in [2.05, 4.69) is 18.7 Å². The Kier molecular flexibility index (Phi) is 19.3. The van der Waals surface area contributed by atoms with Gasteiger partial charge in [-0.2, -0.15) is 0 Å². The van der Waals surface area contributed by atoms with E-state index < -0.39 is 5.97 Å². The van der Waals surface area contributed by atoms with E-state index in [1.807, 2.05) is 0 Å². The highest BCUT2D eigenvalue weighted by Gasteiger charge is 2.08. The summed E-state index contributed by atoms with van der Waals surface area (Å²) in [5.41, 5.74) is 0. The summed E-state index contributed by atoms with van der Waals surface area (Å²) in [6.07, 6.45) is 20.9. The zero-order valence-electron chi connectivity index (χ0n) is 17.2. The van der Waals surface area contributed by atoms with E-state index in [0.717, 1.165) is 25.9 Å². The minimum Gasteiger partial charge on any atom is -0.480 e. The van der Waals surface area contributed by atoms with E-state index in [1.54, 1.807) is 0 Å². The van der Waals surface area contributed by atoms with Crippen LogP contribution in [-0.4, -0.2) is 35.6 Å². The van der Waals surface area contributed by atoms with Crippen molar-refractivity contribution in [3.63, 3.8) is 0 Å². The topological polar surface area (TPSA) is 40.5 Å². The first-order valence-electron chi connectivity index (χ1n) is 11.1. The monoisotopic (exact) mass is 355 g/mol. The van der Waals surface area contributed by atoms with Crippen molar-refractivity contribution in [2.45, 2.75) is 117 Å². The molecule has 0 bridgehead atoms. The second kappa shape index (κ2) is 19.8. The Morgan fingerprint density at radius 2 is 0.920 bits per heavy atom. The largest absolute Gasteiger partial charge is 0.480 e. The number of rotatable bonds is 20. The summed E-state index contributed by atoms with van der Waals surface area (Å²) < 4.78 is 0. The molecule has 0 saturated heterocycles. The first kappa shape index (κ1) is 24.4. The fourth-order valence-electron chi connectivity index (χ4n) is 3.40. The number of carbonyl (C=O) groups is 1. The van der Waals surface area contributed by atoms with Crippen molar-refractivity contribution in [2.24, 2.45) is 0 Å². The van der Waals surface area contributed by atoms with Gasteiger partial charge >= 0.3 is 5.97 Å². The van der Waals surface area contributed by atoms with Crippen molar-refractivity contribution in [3.05, 3.63) is 0 Å². The van der Waals surface area contributed by atoms with E-state index >= 15 is 0 Å². The Bertz CT molecular complexity index is 261. The third-order valence-corrected chi connectivity index (χ3v) is 5.01. The normalized spacial score (nSPS) is 11.3.